The number of aromatic nitrogens is 2. The number of anilines is 1. The second-order valence-electron chi connectivity index (χ2n) is 1.69. The quantitative estimate of drug-likeness (QED) is 0.525. The zero-order valence-electron chi connectivity index (χ0n) is 5.48. The van der Waals surface area contributed by atoms with E-state index in [9.17, 15) is 4.79 Å². The lowest BCUT2D eigenvalue weighted by Gasteiger charge is -2.01. The SMILES string of the molecule is O=C(O)NNc1ccnnc1. The zero-order valence-corrected chi connectivity index (χ0v) is 5.48. The molecule has 0 aliphatic carbocycles. The predicted molar refractivity (Wildman–Crippen MR) is 36.8 cm³/mol. The highest BCUT2D eigenvalue weighted by Crippen LogP contribution is 1.97. The fourth-order valence-corrected chi connectivity index (χ4v) is 0.490. The van der Waals surface area contributed by atoms with Crippen molar-refractivity contribution in [2.75, 3.05) is 5.43 Å². The Hall–Kier alpha value is -1.85. The number of hydrogen-bond acceptors (Lipinski definition) is 4. The molecule has 1 aromatic rings. The van der Waals surface area contributed by atoms with E-state index >= 15 is 0 Å². The van der Waals surface area contributed by atoms with Crippen LogP contribution in [0.15, 0.2) is 18.5 Å². The van der Waals surface area contributed by atoms with Crippen LogP contribution in [-0.2, 0) is 0 Å². The fraction of sp³-hybridized carbons (Fsp3) is 0. The highest BCUT2D eigenvalue weighted by molar-refractivity contribution is 5.66. The largest absolute Gasteiger partial charge is 0.464 e. The third-order valence-corrected chi connectivity index (χ3v) is 0.898. The number of hydrazine groups is 1. The van der Waals surface area contributed by atoms with Crippen LogP contribution in [-0.4, -0.2) is 21.4 Å². The van der Waals surface area contributed by atoms with Gasteiger partial charge in [-0.3, -0.25) is 5.43 Å². The van der Waals surface area contributed by atoms with E-state index in [-0.39, 0.29) is 0 Å². The van der Waals surface area contributed by atoms with Gasteiger partial charge in [-0.15, -0.1) is 0 Å². The molecule has 0 aliphatic heterocycles. The summed E-state index contributed by atoms with van der Waals surface area (Å²) in [5, 5.41) is 15.2. The molecule has 0 fully saturated rings. The van der Waals surface area contributed by atoms with Crippen LogP contribution in [0.5, 0.6) is 0 Å². The van der Waals surface area contributed by atoms with Crippen molar-refractivity contribution in [3.8, 4) is 0 Å². The Balaban J connectivity index is 2.45. The summed E-state index contributed by atoms with van der Waals surface area (Å²) in [5.41, 5.74) is 4.90. The van der Waals surface area contributed by atoms with E-state index in [1.54, 1.807) is 6.07 Å². The summed E-state index contributed by atoms with van der Waals surface area (Å²) in [6.07, 6.45) is 1.70. The number of rotatable bonds is 2. The third-order valence-electron chi connectivity index (χ3n) is 0.898. The molecule has 58 valence electrons. The summed E-state index contributed by atoms with van der Waals surface area (Å²) in [5.74, 6) is 0. The first-order chi connectivity index (χ1) is 5.29. The first kappa shape index (κ1) is 7.26. The Morgan fingerprint density at radius 2 is 2.36 bits per heavy atom. The normalized spacial score (nSPS) is 8.73. The number of nitrogens with one attached hydrogen (secondary N) is 2. The Labute approximate surface area is 62.2 Å². The maximum atomic E-state index is 9.96. The van der Waals surface area contributed by atoms with E-state index in [0.29, 0.717) is 5.69 Å². The molecule has 0 unspecified atom stereocenters. The van der Waals surface area contributed by atoms with Gasteiger partial charge in [0.05, 0.1) is 18.1 Å². The average Bonchev–Trinajstić information content (AvgIpc) is 2.03. The summed E-state index contributed by atoms with van der Waals surface area (Å²) in [7, 11) is 0. The van der Waals surface area contributed by atoms with Crippen LogP contribution in [0.4, 0.5) is 10.5 Å². The van der Waals surface area contributed by atoms with Gasteiger partial charge in [0.25, 0.3) is 0 Å². The maximum Gasteiger partial charge on any atom is 0.423 e. The second-order valence-corrected chi connectivity index (χ2v) is 1.69. The molecule has 6 nitrogen and oxygen atoms in total. The topological polar surface area (TPSA) is 87.1 Å². The van der Waals surface area contributed by atoms with Gasteiger partial charge >= 0.3 is 6.09 Å². The number of nitrogens with zero attached hydrogens (tertiary/aromatic N) is 2. The van der Waals surface area contributed by atoms with Crippen LogP contribution in [0.1, 0.15) is 0 Å². The smallest absolute Gasteiger partial charge is 0.423 e. The Morgan fingerprint density at radius 3 is 2.91 bits per heavy atom. The van der Waals surface area contributed by atoms with Crippen molar-refractivity contribution in [2.45, 2.75) is 0 Å². The minimum atomic E-state index is -1.15. The van der Waals surface area contributed by atoms with Gasteiger partial charge in [0.2, 0.25) is 0 Å². The maximum absolute atomic E-state index is 9.96. The molecule has 1 aromatic heterocycles. The Kier molecular flexibility index (Phi) is 2.21. The van der Waals surface area contributed by atoms with Crippen LogP contribution < -0.4 is 10.9 Å². The van der Waals surface area contributed by atoms with E-state index < -0.39 is 6.09 Å². The van der Waals surface area contributed by atoms with Gasteiger partial charge in [0, 0.05) is 0 Å². The van der Waals surface area contributed by atoms with Crippen molar-refractivity contribution in [3.63, 3.8) is 0 Å². The van der Waals surface area contributed by atoms with Gasteiger partial charge in [-0.2, -0.15) is 10.2 Å². The molecule has 0 aromatic carbocycles. The van der Waals surface area contributed by atoms with Crippen molar-refractivity contribution in [3.05, 3.63) is 18.5 Å². The van der Waals surface area contributed by atoms with Crippen LogP contribution in [0, 0.1) is 0 Å². The molecule has 1 rings (SSSR count). The van der Waals surface area contributed by atoms with Gasteiger partial charge in [0.1, 0.15) is 0 Å². The minimum absolute atomic E-state index is 0.544. The monoisotopic (exact) mass is 154 g/mol. The zero-order chi connectivity index (χ0) is 8.10. The van der Waals surface area contributed by atoms with E-state index in [2.05, 4.69) is 15.6 Å². The first-order valence-electron chi connectivity index (χ1n) is 2.80. The first-order valence-corrected chi connectivity index (χ1v) is 2.80. The number of carboxylic acid groups (broad SMARTS) is 1. The van der Waals surface area contributed by atoms with Gasteiger partial charge < -0.3 is 5.11 Å². The average molecular weight is 154 g/mol. The van der Waals surface area contributed by atoms with Crippen molar-refractivity contribution >= 4 is 11.8 Å². The van der Waals surface area contributed by atoms with Crippen LogP contribution >= 0.6 is 0 Å². The molecule has 3 N–H and O–H groups in total. The molecular weight excluding hydrogens is 148 g/mol. The highest BCUT2D eigenvalue weighted by atomic mass is 16.4. The molecule has 0 aliphatic rings. The van der Waals surface area contributed by atoms with Crippen molar-refractivity contribution in [2.24, 2.45) is 0 Å². The van der Waals surface area contributed by atoms with Gasteiger partial charge in [0.15, 0.2) is 0 Å². The van der Waals surface area contributed by atoms with Crippen LogP contribution in [0.2, 0.25) is 0 Å². The number of amides is 1. The molecule has 0 saturated carbocycles. The lowest BCUT2D eigenvalue weighted by Crippen LogP contribution is -2.27. The van der Waals surface area contributed by atoms with Crippen molar-refractivity contribution < 1.29 is 9.90 Å². The third kappa shape index (κ3) is 2.48. The summed E-state index contributed by atoms with van der Waals surface area (Å²) < 4.78 is 0. The standard InChI is InChI=1S/C5H6N4O2/c10-5(11)9-8-4-1-2-6-7-3-4/h1-3,9H,(H,6,8)(H,10,11). The number of hydrogen-bond donors (Lipinski definition) is 3. The summed E-state index contributed by atoms with van der Waals surface area (Å²) in [4.78, 5) is 9.96. The Bertz CT molecular complexity index is 237. The van der Waals surface area contributed by atoms with Crippen LogP contribution in [0.3, 0.4) is 0 Å². The Morgan fingerprint density at radius 1 is 1.55 bits per heavy atom. The molecule has 1 amide bonds. The molecule has 1 heterocycles. The molecule has 11 heavy (non-hydrogen) atoms. The summed E-state index contributed by atoms with van der Waals surface area (Å²) in [6.45, 7) is 0. The van der Waals surface area contributed by atoms with Crippen molar-refractivity contribution in [1.82, 2.24) is 15.6 Å². The lowest BCUT2D eigenvalue weighted by molar-refractivity contribution is 0.197. The molecule has 0 spiro atoms. The summed E-state index contributed by atoms with van der Waals surface area (Å²) in [6, 6.07) is 1.59. The van der Waals surface area contributed by atoms with E-state index in [0.717, 1.165) is 0 Å². The van der Waals surface area contributed by atoms with Gasteiger partial charge in [-0.25, -0.2) is 10.2 Å². The second kappa shape index (κ2) is 3.35. The van der Waals surface area contributed by atoms with E-state index in [1.807, 2.05) is 5.43 Å². The molecule has 0 saturated heterocycles. The number of carbonyl (C=O) groups is 1. The highest BCUT2D eigenvalue weighted by Gasteiger charge is 1.92. The van der Waals surface area contributed by atoms with E-state index in [4.69, 9.17) is 5.11 Å². The fourth-order valence-electron chi connectivity index (χ4n) is 0.490. The summed E-state index contributed by atoms with van der Waals surface area (Å²) >= 11 is 0. The lowest BCUT2D eigenvalue weighted by atomic mass is 10.5. The minimum Gasteiger partial charge on any atom is -0.464 e. The predicted octanol–water partition coefficient (Wildman–Crippen LogP) is 0.0711. The molecule has 0 bridgehead atoms. The molecule has 0 radical (unpaired) electrons. The molecular formula is C5H6N4O2. The van der Waals surface area contributed by atoms with Crippen molar-refractivity contribution in [1.29, 1.82) is 0 Å². The van der Waals surface area contributed by atoms with Gasteiger partial charge in [-0.05, 0) is 6.07 Å². The van der Waals surface area contributed by atoms with Crippen LogP contribution in [0.25, 0.3) is 0 Å². The molecule has 0 atom stereocenters. The molecule has 6 heteroatoms. The van der Waals surface area contributed by atoms with E-state index in [1.165, 1.54) is 12.4 Å². The van der Waals surface area contributed by atoms with Gasteiger partial charge in [-0.1, -0.05) is 0 Å².